The third-order valence-corrected chi connectivity index (χ3v) is 3.99. The van der Waals surface area contributed by atoms with E-state index in [0.717, 1.165) is 11.1 Å². The zero-order valence-electron chi connectivity index (χ0n) is 11.3. The van der Waals surface area contributed by atoms with Gasteiger partial charge in [0.25, 0.3) is 5.22 Å². The Hall–Kier alpha value is -1.49. The first-order valence-corrected chi connectivity index (χ1v) is 7.18. The highest BCUT2D eigenvalue weighted by Crippen LogP contribution is 2.30. The molecule has 19 heavy (non-hydrogen) atoms. The monoisotopic (exact) mass is 279 g/mol. The fraction of sp³-hybridized carbons (Fsp3) is 0.429. The number of carbonyl (C=O) groups is 1. The summed E-state index contributed by atoms with van der Waals surface area (Å²) >= 11 is 1.32. The first-order valence-electron chi connectivity index (χ1n) is 6.30. The second kappa shape index (κ2) is 6.10. The van der Waals surface area contributed by atoms with Crippen molar-refractivity contribution < 1.29 is 13.9 Å². The van der Waals surface area contributed by atoms with Crippen LogP contribution in [0.3, 0.4) is 0 Å². The smallest absolute Gasteiger partial charge is 0.319 e. The number of oxazole rings is 1. The third kappa shape index (κ3) is 3.29. The van der Waals surface area contributed by atoms with Gasteiger partial charge in [0.15, 0.2) is 5.58 Å². The summed E-state index contributed by atoms with van der Waals surface area (Å²) in [4.78, 5) is 16.3. The van der Waals surface area contributed by atoms with Crippen LogP contribution in [0.5, 0.6) is 0 Å². The largest absolute Gasteiger partial charge is 0.465 e. The summed E-state index contributed by atoms with van der Waals surface area (Å²) in [7, 11) is 0. The average molecular weight is 279 g/mol. The number of thioether (sulfide) groups is 1. The highest BCUT2D eigenvalue weighted by molar-refractivity contribution is 8.00. The summed E-state index contributed by atoms with van der Waals surface area (Å²) in [6.07, 6.45) is 0. The van der Waals surface area contributed by atoms with Gasteiger partial charge in [-0.25, -0.2) is 4.98 Å². The average Bonchev–Trinajstić information content (AvgIpc) is 2.78. The van der Waals surface area contributed by atoms with Gasteiger partial charge in [0.2, 0.25) is 0 Å². The van der Waals surface area contributed by atoms with Crippen molar-refractivity contribution in [3.8, 4) is 0 Å². The molecule has 102 valence electrons. The van der Waals surface area contributed by atoms with E-state index >= 15 is 0 Å². The van der Waals surface area contributed by atoms with Gasteiger partial charge in [0.1, 0.15) is 10.8 Å². The molecule has 0 aliphatic heterocycles. The molecule has 2 rings (SSSR count). The molecular formula is C14H17NO3S. The first-order chi connectivity index (χ1) is 9.11. The van der Waals surface area contributed by atoms with Gasteiger partial charge in [-0.05, 0) is 25.0 Å². The first kappa shape index (κ1) is 13.9. The number of aromatic nitrogens is 1. The van der Waals surface area contributed by atoms with E-state index in [4.69, 9.17) is 9.15 Å². The number of rotatable bonds is 5. The molecule has 2 aromatic rings. The van der Waals surface area contributed by atoms with E-state index in [-0.39, 0.29) is 17.1 Å². The quantitative estimate of drug-likeness (QED) is 0.619. The Morgan fingerprint density at radius 1 is 1.42 bits per heavy atom. The summed E-state index contributed by atoms with van der Waals surface area (Å²) < 4.78 is 10.7. The van der Waals surface area contributed by atoms with Crippen molar-refractivity contribution in [3.05, 3.63) is 24.3 Å². The molecule has 0 amide bonds. The molecule has 0 saturated heterocycles. The summed E-state index contributed by atoms with van der Waals surface area (Å²) in [6.45, 7) is 6.16. The molecule has 0 N–H and O–H groups in total. The van der Waals surface area contributed by atoms with Crippen LogP contribution in [0.2, 0.25) is 0 Å². The Balaban J connectivity index is 2.18. The normalized spacial score (nSPS) is 12.8. The maximum atomic E-state index is 11.9. The number of hydrogen-bond acceptors (Lipinski definition) is 5. The Morgan fingerprint density at radius 2 is 2.16 bits per heavy atom. The Bertz CT molecular complexity index is 532. The molecule has 5 heteroatoms. The van der Waals surface area contributed by atoms with Crippen LogP contribution in [0.25, 0.3) is 11.1 Å². The van der Waals surface area contributed by atoms with Crippen LogP contribution in [0.15, 0.2) is 33.9 Å². The molecule has 1 atom stereocenters. The lowest BCUT2D eigenvalue weighted by Gasteiger charge is -2.16. The number of hydrogen-bond donors (Lipinski definition) is 0. The number of nitrogens with zero attached hydrogens (tertiary/aromatic N) is 1. The molecule has 4 nitrogen and oxygen atoms in total. The minimum Gasteiger partial charge on any atom is -0.465 e. The van der Waals surface area contributed by atoms with Gasteiger partial charge in [-0.15, -0.1) is 0 Å². The van der Waals surface area contributed by atoms with Crippen molar-refractivity contribution in [1.82, 2.24) is 4.98 Å². The van der Waals surface area contributed by atoms with E-state index in [1.807, 2.05) is 38.1 Å². The zero-order valence-corrected chi connectivity index (χ0v) is 12.1. The summed E-state index contributed by atoms with van der Waals surface area (Å²) in [5.74, 6) is -0.0659. The lowest BCUT2D eigenvalue weighted by atomic mass is 10.1. The fourth-order valence-electron chi connectivity index (χ4n) is 1.69. The van der Waals surface area contributed by atoms with Gasteiger partial charge >= 0.3 is 5.97 Å². The van der Waals surface area contributed by atoms with E-state index < -0.39 is 0 Å². The molecular weight excluding hydrogens is 262 g/mol. The van der Waals surface area contributed by atoms with E-state index in [1.165, 1.54) is 11.8 Å². The lowest BCUT2D eigenvalue weighted by molar-refractivity contribution is -0.143. The Morgan fingerprint density at radius 3 is 2.79 bits per heavy atom. The molecule has 0 aliphatic carbocycles. The van der Waals surface area contributed by atoms with Gasteiger partial charge in [-0.1, -0.05) is 37.7 Å². The topological polar surface area (TPSA) is 52.3 Å². The summed E-state index contributed by atoms with van der Waals surface area (Å²) in [6, 6.07) is 7.55. The molecule has 1 aromatic heterocycles. The van der Waals surface area contributed by atoms with Crippen molar-refractivity contribution in [3.63, 3.8) is 0 Å². The molecule has 0 bridgehead atoms. The van der Waals surface area contributed by atoms with Gasteiger partial charge < -0.3 is 9.15 Å². The lowest BCUT2D eigenvalue weighted by Crippen LogP contribution is -2.25. The van der Waals surface area contributed by atoms with Crippen molar-refractivity contribution in [2.45, 2.75) is 31.2 Å². The predicted molar refractivity (Wildman–Crippen MR) is 75.1 cm³/mol. The van der Waals surface area contributed by atoms with Crippen LogP contribution >= 0.6 is 11.8 Å². The van der Waals surface area contributed by atoms with Gasteiger partial charge in [-0.2, -0.15) is 0 Å². The SMILES string of the molecule is CCOC(=O)[C@@H](Sc1nc2ccccc2o1)C(C)C. The molecule has 0 unspecified atom stereocenters. The Labute approximate surface area is 116 Å². The summed E-state index contributed by atoms with van der Waals surface area (Å²) in [5, 5.41) is 0.209. The predicted octanol–water partition coefficient (Wildman–Crippen LogP) is 3.51. The molecule has 1 heterocycles. The van der Waals surface area contributed by atoms with Gasteiger partial charge in [0.05, 0.1) is 6.61 Å². The number of para-hydroxylation sites is 2. The minimum atomic E-state index is -0.298. The van der Waals surface area contributed by atoms with Crippen LogP contribution in [-0.4, -0.2) is 22.8 Å². The number of carbonyl (C=O) groups excluding carboxylic acids is 1. The minimum absolute atomic E-state index is 0.152. The Kier molecular flexibility index (Phi) is 4.47. The molecule has 0 spiro atoms. The maximum absolute atomic E-state index is 11.9. The highest BCUT2D eigenvalue weighted by atomic mass is 32.2. The van der Waals surface area contributed by atoms with Gasteiger partial charge in [0, 0.05) is 0 Å². The molecule has 0 radical (unpaired) electrons. The maximum Gasteiger partial charge on any atom is 0.319 e. The standard InChI is InChI=1S/C14H17NO3S/c1-4-17-13(16)12(9(2)3)19-14-15-10-7-5-6-8-11(10)18-14/h5-9,12H,4H2,1-3H3/t12-/m0/s1. The number of ether oxygens (including phenoxy) is 1. The van der Waals surface area contributed by atoms with Crippen molar-refractivity contribution in [1.29, 1.82) is 0 Å². The fourth-order valence-corrected chi connectivity index (χ4v) is 2.63. The second-order valence-electron chi connectivity index (χ2n) is 4.48. The van der Waals surface area contributed by atoms with Crippen LogP contribution < -0.4 is 0 Å². The van der Waals surface area contributed by atoms with E-state index in [0.29, 0.717) is 11.8 Å². The van der Waals surface area contributed by atoms with E-state index in [1.54, 1.807) is 6.92 Å². The molecule has 1 aromatic carbocycles. The van der Waals surface area contributed by atoms with E-state index in [9.17, 15) is 4.79 Å². The number of fused-ring (bicyclic) bond motifs is 1. The highest BCUT2D eigenvalue weighted by Gasteiger charge is 2.27. The third-order valence-electron chi connectivity index (χ3n) is 2.63. The molecule has 0 fully saturated rings. The zero-order chi connectivity index (χ0) is 13.8. The van der Waals surface area contributed by atoms with Crippen molar-refractivity contribution >= 4 is 28.8 Å². The van der Waals surface area contributed by atoms with Crippen LogP contribution in [0, 0.1) is 5.92 Å². The number of benzene rings is 1. The van der Waals surface area contributed by atoms with Crippen molar-refractivity contribution in [2.75, 3.05) is 6.61 Å². The van der Waals surface area contributed by atoms with Crippen molar-refractivity contribution in [2.24, 2.45) is 5.92 Å². The summed E-state index contributed by atoms with van der Waals surface area (Å²) in [5.41, 5.74) is 1.53. The van der Waals surface area contributed by atoms with Crippen LogP contribution in [0.4, 0.5) is 0 Å². The number of esters is 1. The molecule has 0 aliphatic rings. The van der Waals surface area contributed by atoms with E-state index in [2.05, 4.69) is 4.98 Å². The van der Waals surface area contributed by atoms with Gasteiger partial charge in [-0.3, -0.25) is 4.79 Å². The van der Waals surface area contributed by atoms with Crippen LogP contribution in [-0.2, 0) is 9.53 Å². The molecule has 0 saturated carbocycles. The van der Waals surface area contributed by atoms with Crippen LogP contribution in [0.1, 0.15) is 20.8 Å². The second-order valence-corrected chi connectivity index (χ2v) is 5.57.